The number of likely N-dealkylation sites (tertiary alicyclic amines) is 1. The molecule has 32 heavy (non-hydrogen) atoms. The van der Waals surface area contributed by atoms with Gasteiger partial charge in [-0.3, -0.25) is 14.4 Å². The van der Waals surface area contributed by atoms with Gasteiger partial charge in [0.05, 0.1) is 12.7 Å². The topological polar surface area (TPSA) is 97.0 Å². The van der Waals surface area contributed by atoms with Gasteiger partial charge in [-0.15, -0.1) is 0 Å². The van der Waals surface area contributed by atoms with Crippen molar-refractivity contribution in [2.45, 2.75) is 84.4 Å². The summed E-state index contributed by atoms with van der Waals surface area (Å²) in [6.45, 7) is 9.63. The Hall–Kier alpha value is -1.67. The molecule has 0 aromatic heterocycles. The van der Waals surface area contributed by atoms with Crippen LogP contribution in [0, 0.1) is 17.8 Å². The van der Waals surface area contributed by atoms with Crippen LogP contribution in [0.3, 0.4) is 0 Å². The number of hydrogen-bond acceptors (Lipinski definition) is 5. The lowest BCUT2D eigenvalue weighted by Crippen LogP contribution is -2.57. The number of methoxy groups -OCH3 is 1. The third-order valence-electron chi connectivity index (χ3n) is 6.64. The van der Waals surface area contributed by atoms with Gasteiger partial charge in [0, 0.05) is 45.7 Å². The molecule has 1 aliphatic carbocycles. The zero-order chi connectivity index (χ0) is 23.7. The summed E-state index contributed by atoms with van der Waals surface area (Å²) in [6.07, 6.45) is 5.44. The van der Waals surface area contributed by atoms with Crippen molar-refractivity contribution >= 4 is 17.7 Å². The van der Waals surface area contributed by atoms with Crippen LogP contribution in [-0.2, 0) is 23.9 Å². The smallest absolute Gasteiger partial charge is 0.247 e. The number of piperidine rings is 1. The van der Waals surface area contributed by atoms with Crippen molar-refractivity contribution in [1.82, 2.24) is 15.5 Å². The van der Waals surface area contributed by atoms with Crippen LogP contribution in [-0.4, -0.2) is 74.2 Å². The first-order valence-electron chi connectivity index (χ1n) is 12.2. The highest BCUT2D eigenvalue weighted by atomic mass is 16.5. The van der Waals surface area contributed by atoms with Gasteiger partial charge in [-0.1, -0.05) is 13.8 Å². The highest BCUT2D eigenvalue weighted by molar-refractivity contribution is 5.88. The number of nitrogens with one attached hydrogen (secondary N) is 2. The van der Waals surface area contributed by atoms with Crippen molar-refractivity contribution in [3.05, 3.63) is 0 Å². The molecule has 8 heteroatoms. The number of amides is 3. The van der Waals surface area contributed by atoms with Crippen LogP contribution in [0.2, 0.25) is 0 Å². The molecule has 2 aliphatic rings. The van der Waals surface area contributed by atoms with E-state index in [1.54, 1.807) is 14.0 Å². The van der Waals surface area contributed by atoms with E-state index in [0.717, 1.165) is 38.5 Å². The minimum Gasteiger partial charge on any atom is -0.384 e. The van der Waals surface area contributed by atoms with Crippen molar-refractivity contribution in [3.63, 3.8) is 0 Å². The maximum atomic E-state index is 13.4. The van der Waals surface area contributed by atoms with Crippen molar-refractivity contribution in [1.29, 1.82) is 0 Å². The number of nitrogens with zero attached hydrogens (tertiary/aromatic N) is 1. The Kier molecular flexibility index (Phi) is 10.9. The van der Waals surface area contributed by atoms with E-state index in [4.69, 9.17) is 9.47 Å². The maximum Gasteiger partial charge on any atom is 0.247 e. The Morgan fingerprint density at radius 1 is 1.00 bits per heavy atom. The second-order valence-corrected chi connectivity index (χ2v) is 9.85. The zero-order valence-electron chi connectivity index (χ0n) is 20.5. The average Bonchev–Trinajstić information content (AvgIpc) is 2.76. The van der Waals surface area contributed by atoms with Gasteiger partial charge in [-0.2, -0.15) is 0 Å². The molecule has 2 fully saturated rings. The minimum absolute atomic E-state index is 0.0195. The van der Waals surface area contributed by atoms with Gasteiger partial charge < -0.3 is 25.0 Å². The van der Waals surface area contributed by atoms with E-state index in [0.29, 0.717) is 38.1 Å². The van der Waals surface area contributed by atoms with Crippen molar-refractivity contribution in [2.75, 3.05) is 33.4 Å². The van der Waals surface area contributed by atoms with E-state index in [1.165, 1.54) is 0 Å². The standard InChI is InChI=1S/C24H43N3O5/c1-16(2)23(29)26-22(24(30)27-12-6-7-20(13-27)14-31-5)17(3)32-15-19-8-10-21(11-9-19)25-18(4)28/h16-17,19-22H,6-15H2,1-5H3,(H,25,28)(H,26,29). The van der Waals surface area contributed by atoms with Crippen LogP contribution in [0.15, 0.2) is 0 Å². The molecule has 3 atom stereocenters. The van der Waals surface area contributed by atoms with E-state index in [9.17, 15) is 14.4 Å². The van der Waals surface area contributed by atoms with Gasteiger partial charge in [-0.25, -0.2) is 0 Å². The summed E-state index contributed by atoms with van der Waals surface area (Å²) in [6, 6.07) is -0.443. The second-order valence-electron chi connectivity index (χ2n) is 9.85. The molecule has 1 saturated carbocycles. The summed E-state index contributed by atoms with van der Waals surface area (Å²) in [5, 5.41) is 5.94. The third-order valence-corrected chi connectivity index (χ3v) is 6.64. The van der Waals surface area contributed by atoms with Crippen molar-refractivity contribution in [3.8, 4) is 0 Å². The van der Waals surface area contributed by atoms with Crippen LogP contribution >= 0.6 is 0 Å². The molecule has 1 aliphatic heterocycles. The Balaban J connectivity index is 1.94. The summed E-state index contributed by atoms with van der Waals surface area (Å²) in [5.41, 5.74) is 0. The number of carbonyl (C=O) groups is 3. The summed E-state index contributed by atoms with van der Waals surface area (Å²) < 4.78 is 11.4. The first kappa shape index (κ1) is 26.6. The molecule has 8 nitrogen and oxygen atoms in total. The SMILES string of the molecule is COCC1CCCN(C(=O)C(NC(=O)C(C)C)C(C)OCC2CCC(NC(C)=O)CC2)C1. The summed E-state index contributed by atoms with van der Waals surface area (Å²) >= 11 is 0. The molecule has 0 aromatic rings. The molecule has 2 rings (SSSR count). The quantitative estimate of drug-likeness (QED) is 0.528. The predicted molar refractivity (Wildman–Crippen MR) is 123 cm³/mol. The zero-order valence-corrected chi connectivity index (χ0v) is 20.5. The number of ether oxygens (including phenoxy) is 2. The molecule has 0 spiro atoms. The Morgan fingerprint density at radius 3 is 2.28 bits per heavy atom. The van der Waals surface area contributed by atoms with Crippen molar-refractivity contribution in [2.24, 2.45) is 17.8 Å². The number of carbonyl (C=O) groups excluding carboxylic acids is 3. The first-order valence-corrected chi connectivity index (χ1v) is 12.2. The second kappa shape index (κ2) is 13.1. The molecular weight excluding hydrogens is 410 g/mol. The van der Waals surface area contributed by atoms with Crippen LogP contribution < -0.4 is 10.6 Å². The molecule has 184 valence electrons. The molecular formula is C24H43N3O5. The van der Waals surface area contributed by atoms with Crippen molar-refractivity contribution < 1.29 is 23.9 Å². The fraction of sp³-hybridized carbons (Fsp3) is 0.875. The Bertz CT molecular complexity index is 617. The largest absolute Gasteiger partial charge is 0.384 e. The van der Waals surface area contributed by atoms with E-state index >= 15 is 0 Å². The molecule has 1 heterocycles. The van der Waals surface area contributed by atoms with Crippen LogP contribution in [0.25, 0.3) is 0 Å². The number of hydrogen-bond donors (Lipinski definition) is 2. The summed E-state index contributed by atoms with van der Waals surface area (Å²) in [5.74, 6) is 0.339. The van der Waals surface area contributed by atoms with Gasteiger partial charge in [0.15, 0.2) is 0 Å². The van der Waals surface area contributed by atoms with E-state index in [1.807, 2.05) is 25.7 Å². The summed E-state index contributed by atoms with van der Waals surface area (Å²) in [4.78, 5) is 39.0. The lowest BCUT2D eigenvalue weighted by molar-refractivity contribution is -0.143. The molecule has 0 radical (unpaired) electrons. The Labute approximate surface area is 193 Å². The van der Waals surface area contributed by atoms with E-state index < -0.39 is 12.1 Å². The first-order chi connectivity index (χ1) is 15.2. The minimum atomic E-state index is -0.693. The highest BCUT2D eigenvalue weighted by Crippen LogP contribution is 2.25. The van der Waals surface area contributed by atoms with Gasteiger partial charge in [0.25, 0.3) is 0 Å². The van der Waals surface area contributed by atoms with E-state index in [-0.39, 0.29) is 29.7 Å². The van der Waals surface area contributed by atoms with E-state index in [2.05, 4.69) is 10.6 Å². The molecule has 3 unspecified atom stereocenters. The fourth-order valence-electron chi connectivity index (χ4n) is 4.68. The van der Waals surface area contributed by atoms with Gasteiger partial charge in [0.1, 0.15) is 6.04 Å². The lowest BCUT2D eigenvalue weighted by Gasteiger charge is -2.37. The number of rotatable bonds is 10. The van der Waals surface area contributed by atoms with Gasteiger partial charge in [-0.05, 0) is 57.3 Å². The monoisotopic (exact) mass is 453 g/mol. The molecule has 0 bridgehead atoms. The molecule has 1 saturated heterocycles. The lowest BCUT2D eigenvalue weighted by atomic mass is 9.86. The molecule has 3 amide bonds. The summed E-state index contributed by atoms with van der Waals surface area (Å²) in [7, 11) is 1.69. The Morgan fingerprint density at radius 2 is 1.69 bits per heavy atom. The maximum absolute atomic E-state index is 13.4. The average molecular weight is 454 g/mol. The molecule has 0 aromatic carbocycles. The van der Waals surface area contributed by atoms with Gasteiger partial charge in [0.2, 0.25) is 17.7 Å². The fourth-order valence-corrected chi connectivity index (χ4v) is 4.68. The normalized spacial score (nSPS) is 25.8. The predicted octanol–water partition coefficient (Wildman–Crippen LogP) is 2.11. The van der Waals surface area contributed by atoms with Crippen LogP contribution in [0.4, 0.5) is 0 Å². The third kappa shape index (κ3) is 8.35. The van der Waals surface area contributed by atoms with Gasteiger partial charge >= 0.3 is 0 Å². The van der Waals surface area contributed by atoms with Crippen LogP contribution in [0.5, 0.6) is 0 Å². The van der Waals surface area contributed by atoms with Crippen LogP contribution in [0.1, 0.15) is 66.2 Å². The molecule has 2 N–H and O–H groups in total. The highest BCUT2D eigenvalue weighted by Gasteiger charge is 2.35.